The van der Waals surface area contributed by atoms with Crippen molar-refractivity contribution in [2.75, 3.05) is 33.4 Å². The van der Waals surface area contributed by atoms with Crippen molar-refractivity contribution in [3.05, 3.63) is 0 Å². The van der Waals surface area contributed by atoms with Crippen LogP contribution < -0.4 is 0 Å². The second-order valence-corrected chi connectivity index (χ2v) is 5.98. The van der Waals surface area contributed by atoms with Crippen LogP contribution in [0.3, 0.4) is 0 Å². The van der Waals surface area contributed by atoms with Crippen LogP contribution in [0.15, 0.2) is 0 Å². The third-order valence-corrected chi connectivity index (χ3v) is 4.65. The van der Waals surface area contributed by atoms with Gasteiger partial charge in [-0.05, 0) is 32.7 Å². The Hall–Kier alpha value is -0.120. The van der Waals surface area contributed by atoms with Crippen molar-refractivity contribution in [3.63, 3.8) is 0 Å². The molecule has 0 unspecified atom stereocenters. The Morgan fingerprint density at radius 2 is 1.82 bits per heavy atom. The second-order valence-electron chi connectivity index (χ2n) is 5.98. The molecule has 0 bridgehead atoms. The molecule has 0 radical (unpaired) electrons. The molecular formula is C14H27NO2. The third-order valence-electron chi connectivity index (χ3n) is 4.65. The smallest absolute Gasteiger partial charge is 0.0499 e. The van der Waals surface area contributed by atoms with Crippen molar-refractivity contribution >= 4 is 0 Å². The van der Waals surface area contributed by atoms with Gasteiger partial charge in [-0.2, -0.15) is 0 Å². The summed E-state index contributed by atoms with van der Waals surface area (Å²) in [7, 11) is 2.22. The van der Waals surface area contributed by atoms with Gasteiger partial charge in [-0.3, -0.25) is 0 Å². The number of ether oxygens (including phenoxy) is 1. The van der Waals surface area contributed by atoms with Crippen molar-refractivity contribution < 1.29 is 9.84 Å². The first kappa shape index (κ1) is 13.3. The molecule has 0 amide bonds. The molecule has 2 fully saturated rings. The molecule has 3 nitrogen and oxygen atoms in total. The summed E-state index contributed by atoms with van der Waals surface area (Å²) in [4.78, 5) is 2.48. The van der Waals surface area contributed by atoms with E-state index in [0.717, 1.165) is 32.6 Å². The lowest BCUT2D eigenvalue weighted by molar-refractivity contribution is 0.000662. The van der Waals surface area contributed by atoms with Gasteiger partial charge in [0, 0.05) is 37.8 Å². The fourth-order valence-corrected chi connectivity index (χ4v) is 3.45. The highest BCUT2D eigenvalue weighted by Crippen LogP contribution is 2.37. The Kier molecular flexibility index (Phi) is 4.83. The summed E-state index contributed by atoms with van der Waals surface area (Å²) in [6, 6.07) is 0.661. The lowest BCUT2D eigenvalue weighted by Gasteiger charge is -2.42. The van der Waals surface area contributed by atoms with Crippen molar-refractivity contribution in [2.45, 2.75) is 51.0 Å². The fraction of sp³-hybridized carbons (Fsp3) is 1.00. The van der Waals surface area contributed by atoms with Crippen LogP contribution in [0.4, 0.5) is 0 Å². The van der Waals surface area contributed by atoms with E-state index in [1.54, 1.807) is 0 Å². The average Bonchev–Trinajstić information content (AvgIpc) is 2.41. The van der Waals surface area contributed by atoms with Crippen LogP contribution >= 0.6 is 0 Å². The highest BCUT2D eigenvalue weighted by molar-refractivity contribution is 4.86. The summed E-state index contributed by atoms with van der Waals surface area (Å²) in [6.45, 7) is 3.23. The Morgan fingerprint density at radius 1 is 1.18 bits per heavy atom. The molecule has 1 aliphatic heterocycles. The first-order chi connectivity index (χ1) is 8.26. The average molecular weight is 241 g/mol. The van der Waals surface area contributed by atoms with Crippen LogP contribution in [0.2, 0.25) is 0 Å². The molecule has 0 atom stereocenters. The Balaban J connectivity index is 1.88. The van der Waals surface area contributed by atoms with E-state index in [0.29, 0.717) is 12.6 Å². The maximum atomic E-state index is 9.74. The summed E-state index contributed by atoms with van der Waals surface area (Å²) in [5.41, 5.74) is 0.186. The van der Waals surface area contributed by atoms with Crippen LogP contribution in [0, 0.1) is 5.41 Å². The van der Waals surface area contributed by atoms with Gasteiger partial charge in [0.1, 0.15) is 0 Å². The standard InChI is InChI=1S/C14H27NO2/c1-15(13-5-9-17-10-6-13)11-14(12-16)7-3-2-4-8-14/h13,16H,2-12H2,1H3. The number of rotatable bonds is 4. The van der Waals surface area contributed by atoms with Gasteiger partial charge in [0.2, 0.25) is 0 Å². The maximum Gasteiger partial charge on any atom is 0.0499 e. The molecule has 17 heavy (non-hydrogen) atoms. The van der Waals surface area contributed by atoms with Crippen molar-refractivity contribution in [3.8, 4) is 0 Å². The van der Waals surface area contributed by atoms with E-state index in [4.69, 9.17) is 4.74 Å². The van der Waals surface area contributed by atoms with Gasteiger partial charge in [0.25, 0.3) is 0 Å². The van der Waals surface area contributed by atoms with E-state index in [2.05, 4.69) is 11.9 Å². The number of aliphatic hydroxyl groups excluding tert-OH is 1. The van der Waals surface area contributed by atoms with Crippen LogP contribution in [-0.2, 0) is 4.74 Å². The quantitative estimate of drug-likeness (QED) is 0.817. The van der Waals surface area contributed by atoms with Gasteiger partial charge in [-0.1, -0.05) is 19.3 Å². The SMILES string of the molecule is CN(CC1(CO)CCCCC1)C1CCOCC1. The Labute approximate surface area is 105 Å². The molecule has 3 heteroatoms. The van der Waals surface area contributed by atoms with Crippen LogP contribution in [0.25, 0.3) is 0 Å². The van der Waals surface area contributed by atoms with Gasteiger partial charge in [0.05, 0.1) is 0 Å². The summed E-state index contributed by atoms with van der Waals surface area (Å²) in [5.74, 6) is 0. The zero-order valence-corrected chi connectivity index (χ0v) is 11.2. The van der Waals surface area contributed by atoms with Gasteiger partial charge in [-0.25, -0.2) is 0 Å². The first-order valence-corrected chi connectivity index (χ1v) is 7.15. The van der Waals surface area contributed by atoms with Gasteiger partial charge >= 0.3 is 0 Å². The van der Waals surface area contributed by atoms with Crippen molar-refractivity contribution in [2.24, 2.45) is 5.41 Å². The van der Waals surface area contributed by atoms with E-state index in [9.17, 15) is 5.11 Å². The highest BCUT2D eigenvalue weighted by Gasteiger charge is 2.34. The number of nitrogens with zero attached hydrogens (tertiary/aromatic N) is 1. The number of hydrogen-bond acceptors (Lipinski definition) is 3. The lowest BCUT2D eigenvalue weighted by atomic mass is 9.74. The molecule has 2 aliphatic rings. The minimum Gasteiger partial charge on any atom is -0.396 e. The van der Waals surface area contributed by atoms with Crippen LogP contribution in [0.1, 0.15) is 44.9 Å². The van der Waals surface area contributed by atoms with E-state index < -0.39 is 0 Å². The van der Waals surface area contributed by atoms with Gasteiger partial charge in [0.15, 0.2) is 0 Å². The minimum absolute atomic E-state index is 0.186. The fourth-order valence-electron chi connectivity index (χ4n) is 3.45. The van der Waals surface area contributed by atoms with E-state index in [1.807, 2.05) is 0 Å². The van der Waals surface area contributed by atoms with Crippen molar-refractivity contribution in [1.82, 2.24) is 4.90 Å². The molecule has 1 N–H and O–H groups in total. The number of hydrogen-bond donors (Lipinski definition) is 1. The summed E-state index contributed by atoms with van der Waals surface area (Å²) in [5, 5.41) is 9.74. The molecule has 0 aromatic carbocycles. The lowest BCUT2D eigenvalue weighted by Crippen LogP contribution is -2.45. The molecule has 1 saturated heterocycles. The second kappa shape index (κ2) is 6.17. The topological polar surface area (TPSA) is 32.7 Å². The minimum atomic E-state index is 0.186. The molecule has 0 aromatic rings. The first-order valence-electron chi connectivity index (χ1n) is 7.15. The molecule has 1 heterocycles. The van der Waals surface area contributed by atoms with Gasteiger partial charge < -0.3 is 14.7 Å². The van der Waals surface area contributed by atoms with E-state index >= 15 is 0 Å². The molecule has 1 aliphatic carbocycles. The highest BCUT2D eigenvalue weighted by atomic mass is 16.5. The van der Waals surface area contributed by atoms with Crippen LogP contribution in [-0.4, -0.2) is 49.5 Å². The van der Waals surface area contributed by atoms with Crippen LogP contribution in [0.5, 0.6) is 0 Å². The molecular weight excluding hydrogens is 214 g/mol. The predicted octanol–water partition coefficient (Wildman–Crippen LogP) is 2.04. The van der Waals surface area contributed by atoms with Gasteiger partial charge in [-0.15, -0.1) is 0 Å². The number of aliphatic hydroxyl groups is 1. The van der Waals surface area contributed by atoms with E-state index in [1.165, 1.54) is 32.1 Å². The van der Waals surface area contributed by atoms with Crippen molar-refractivity contribution in [1.29, 1.82) is 0 Å². The summed E-state index contributed by atoms with van der Waals surface area (Å²) >= 11 is 0. The zero-order chi connectivity index (χ0) is 12.1. The molecule has 100 valence electrons. The monoisotopic (exact) mass is 241 g/mol. The largest absolute Gasteiger partial charge is 0.396 e. The zero-order valence-electron chi connectivity index (χ0n) is 11.2. The molecule has 0 aromatic heterocycles. The maximum absolute atomic E-state index is 9.74. The summed E-state index contributed by atoms with van der Waals surface area (Å²) < 4.78 is 5.42. The Morgan fingerprint density at radius 3 is 2.41 bits per heavy atom. The predicted molar refractivity (Wildman–Crippen MR) is 69.1 cm³/mol. The Bertz CT molecular complexity index is 220. The molecule has 2 rings (SSSR count). The molecule has 0 spiro atoms. The normalized spacial score (nSPS) is 26.3. The summed E-state index contributed by atoms with van der Waals surface area (Å²) in [6.07, 6.45) is 8.65. The third kappa shape index (κ3) is 3.43. The molecule has 1 saturated carbocycles. The van der Waals surface area contributed by atoms with E-state index in [-0.39, 0.29) is 5.41 Å².